The van der Waals surface area contributed by atoms with E-state index < -0.39 is 15.9 Å². The number of ether oxygens (including phenoxy) is 1. The predicted octanol–water partition coefficient (Wildman–Crippen LogP) is 3.64. The van der Waals surface area contributed by atoms with Crippen LogP contribution in [-0.2, 0) is 16.6 Å². The Kier molecular flexibility index (Phi) is 5.93. The Hall–Kier alpha value is -3.26. The van der Waals surface area contributed by atoms with Gasteiger partial charge in [0.1, 0.15) is 11.5 Å². The molecule has 3 aromatic rings. The van der Waals surface area contributed by atoms with Crippen LogP contribution in [0.5, 0.6) is 5.75 Å². The van der Waals surface area contributed by atoms with Crippen molar-refractivity contribution in [1.82, 2.24) is 5.32 Å². The molecule has 1 amide bonds. The maximum absolute atomic E-state index is 13.0. The number of rotatable bonds is 7. The van der Waals surface area contributed by atoms with E-state index in [1.807, 2.05) is 0 Å². The van der Waals surface area contributed by atoms with Crippen LogP contribution < -0.4 is 14.8 Å². The third-order valence-electron chi connectivity index (χ3n) is 4.40. The van der Waals surface area contributed by atoms with Crippen LogP contribution in [-0.4, -0.2) is 21.4 Å². The zero-order valence-corrected chi connectivity index (χ0v) is 17.2. The number of sulfonamides is 1. The minimum atomic E-state index is -3.91. The molecule has 0 aliphatic rings. The lowest BCUT2D eigenvalue weighted by molar-refractivity contribution is 0.0949. The molecule has 0 saturated carbocycles. The van der Waals surface area contributed by atoms with Gasteiger partial charge in [-0.05, 0) is 61.4 Å². The second kappa shape index (κ2) is 8.40. The van der Waals surface area contributed by atoms with Gasteiger partial charge in [-0.2, -0.15) is 0 Å². The van der Waals surface area contributed by atoms with Crippen molar-refractivity contribution in [2.24, 2.45) is 0 Å². The van der Waals surface area contributed by atoms with Gasteiger partial charge in [0.15, 0.2) is 0 Å². The zero-order valence-electron chi connectivity index (χ0n) is 16.4. The van der Waals surface area contributed by atoms with E-state index in [0.29, 0.717) is 22.6 Å². The molecule has 3 rings (SSSR count). The molecule has 0 bridgehead atoms. The molecule has 0 saturated heterocycles. The largest absolute Gasteiger partial charge is 0.496 e. The lowest BCUT2D eigenvalue weighted by Crippen LogP contribution is -2.25. The third kappa shape index (κ3) is 4.60. The first kappa shape index (κ1) is 20.5. The van der Waals surface area contributed by atoms with Crippen LogP contribution in [0.25, 0.3) is 0 Å². The summed E-state index contributed by atoms with van der Waals surface area (Å²) < 4.78 is 39.0. The van der Waals surface area contributed by atoms with Crippen molar-refractivity contribution < 1.29 is 22.4 Å². The Balaban J connectivity index is 1.86. The van der Waals surface area contributed by atoms with Gasteiger partial charge in [-0.3, -0.25) is 9.52 Å². The molecule has 0 aliphatic heterocycles. The predicted molar refractivity (Wildman–Crippen MR) is 110 cm³/mol. The molecule has 2 aromatic carbocycles. The molecule has 1 aromatic heterocycles. The average Bonchev–Trinajstić information content (AvgIpc) is 3.21. The summed E-state index contributed by atoms with van der Waals surface area (Å²) in [5.74, 6) is 0.794. The lowest BCUT2D eigenvalue weighted by Gasteiger charge is -2.15. The van der Waals surface area contributed by atoms with Crippen LogP contribution in [0.3, 0.4) is 0 Å². The topological polar surface area (TPSA) is 97.6 Å². The fraction of sp³-hybridized carbons (Fsp3) is 0.190. The van der Waals surface area contributed by atoms with Gasteiger partial charge < -0.3 is 14.5 Å². The lowest BCUT2D eigenvalue weighted by atomic mass is 10.1. The first-order valence-electron chi connectivity index (χ1n) is 8.89. The number of furan rings is 1. The van der Waals surface area contributed by atoms with Gasteiger partial charge in [0.2, 0.25) is 0 Å². The van der Waals surface area contributed by atoms with E-state index >= 15 is 0 Å². The Labute approximate surface area is 169 Å². The molecule has 0 spiro atoms. The highest BCUT2D eigenvalue weighted by atomic mass is 32.2. The first-order chi connectivity index (χ1) is 13.8. The summed E-state index contributed by atoms with van der Waals surface area (Å²) in [7, 11) is -2.38. The van der Waals surface area contributed by atoms with E-state index in [4.69, 9.17) is 9.15 Å². The maximum Gasteiger partial charge on any atom is 0.262 e. The van der Waals surface area contributed by atoms with Gasteiger partial charge in [-0.15, -0.1) is 0 Å². The van der Waals surface area contributed by atoms with Crippen molar-refractivity contribution in [2.75, 3.05) is 11.8 Å². The number of amides is 1. The number of carbonyl (C=O) groups is 1. The van der Waals surface area contributed by atoms with Gasteiger partial charge in [-0.25, -0.2) is 8.42 Å². The van der Waals surface area contributed by atoms with Crippen LogP contribution in [0.4, 0.5) is 5.69 Å². The Morgan fingerprint density at radius 1 is 1.07 bits per heavy atom. The molecule has 0 atom stereocenters. The maximum atomic E-state index is 13.0. The van der Waals surface area contributed by atoms with Crippen molar-refractivity contribution >= 4 is 21.6 Å². The SMILES string of the molecule is COc1cc(C)c(S(=O)(=O)Nc2ccccc2C(=O)NCc2ccco2)cc1C. The fourth-order valence-electron chi connectivity index (χ4n) is 2.92. The van der Waals surface area contributed by atoms with Gasteiger partial charge in [0.05, 0.1) is 36.1 Å². The summed E-state index contributed by atoms with van der Waals surface area (Å²) >= 11 is 0. The summed E-state index contributed by atoms with van der Waals surface area (Å²) in [5, 5.41) is 2.72. The van der Waals surface area contributed by atoms with Crippen molar-refractivity contribution in [2.45, 2.75) is 25.3 Å². The van der Waals surface area contributed by atoms with E-state index in [-0.39, 0.29) is 22.7 Å². The number of aryl methyl sites for hydroxylation is 2. The molecule has 0 unspecified atom stereocenters. The number of methoxy groups -OCH3 is 1. The van der Waals surface area contributed by atoms with E-state index in [1.165, 1.54) is 13.4 Å². The van der Waals surface area contributed by atoms with Crippen LogP contribution in [0.2, 0.25) is 0 Å². The van der Waals surface area contributed by atoms with Gasteiger partial charge in [-0.1, -0.05) is 12.1 Å². The van der Waals surface area contributed by atoms with Crippen molar-refractivity contribution in [3.8, 4) is 5.75 Å². The summed E-state index contributed by atoms with van der Waals surface area (Å²) in [6.45, 7) is 3.66. The normalized spacial score (nSPS) is 11.1. The third-order valence-corrected chi connectivity index (χ3v) is 5.91. The van der Waals surface area contributed by atoms with E-state index in [0.717, 1.165) is 0 Å². The zero-order chi connectivity index (χ0) is 21.0. The summed E-state index contributed by atoms with van der Waals surface area (Å²) in [6, 6.07) is 13.1. The van der Waals surface area contributed by atoms with E-state index in [2.05, 4.69) is 10.0 Å². The molecule has 1 heterocycles. The van der Waals surface area contributed by atoms with Crippen molar-refractivity contribution in [3.63, 3.8) is 0 Å². The second-order valence-electron chi connectivity index (χ2n) is 6.50. The van der Waals surface area contributed by atoms with Crippen LogP contribution >= 0.6 is 0 Å². The standard InChI is InChI=1S/C21H22N2O5S/c1-14-12-20(15(2)11-19(14)27-3)29(25,26)23-18-9-5-4-8-17(18)21(24)22-13-16-7-6-10-28-16/h4-12,23H,13H2,1-3H3,(H,22,24). The number of hydrogen-bond donors (Lipinski definition) is 2. The Morgan fingerprint density at radius 3 is 2.52 bits per heavy atom. The summed E-state index contributed by atoms with van der Waals surface area (Å²) in [5.41, 5.74) is 1.64. The Bertz CT molecular complexity index is 1120. The molecule has 0 fully saturated rings. The van der Waals surface area contributed by atoms with Gasteiger partial charge in [0, 0.05) is 0 Å². The van der Waals surface area contributed by atoms with Gasteiger partial charge in [0.25, 0.3) is 15.9 Å². The van der Waals surface area contributed by atoms with Gasteiger partial charge >= 0.3 is 0 Å². The number of nitrogens with one attached hydrogen (secondary N) is 2. The molecular weight excluding hydrogens is 392 g/mol. The smallest absolute Gasteiger partial charge is 0.262 e. The highest BCUT2D eigenvalue weighted by Gasteiger charge is 2.21. The average molecular weight is 414 g/mol. The number of para-hydroxylation sites is 1. The number of benzene rings is 2. The molecule has 29 heavy (non-hydrogen) atoms. The van der Waals surface area contributed by atoms with Crippen LogP contribution in [0.15, 0.2) is 64.1 Å². The molecule has 0 radical (unpaired) electrons. The molecule has 8 heteroatoms. The van der Waals surface area contributed by atoms with E-state index in [9.17, 15) is 13.2 Å². The minimum Gasteiger partial charge on any atom is -0.496 e. The summed E-state index contributed by atoms with van der Waals surface area (Å²) in [4.78, 5) is 12.7. The van der Waals surface area contributed by atoms with Crippen molar-refractivity contribution in [1.29, 1.82) is 0 Å². The van der Waals surface area contributed by atoms with Crippen LogP contribution in [0.1, 0.15) is 27.2 Å². The number of carbonyl (C=O) groups excluding carboxylic acids is 1. The molecular formula is C21H22N2O5S. The molecule has 152 valence electrons. The molecule has 7 nitrogen and oxygen atoms in total. The number of anilines is 1. The molecule has 2 N–H and O–H groups in total. The highest BCUT2D eigenvalue weighted by molar-refractivity contribution is 7.92. The fourth-order valence-corrected chi connectivity index (χ4v) is 4.31. The van der Waals surface area contributed by atoms with E-state index in [1.54, 1.807) is 62.4 Å². The molecule has 0 aliphatic carbocycles. The first-order valence-corrected chi connectivity index (χ1v) is 10.4. The van der Waals surface area contributed by atoms with Crippen LogP contribution in [0, 0.1) is 13.8 Å². The monoisotopic (exact) mass is 414 g/mol. The summed E-state index contributed by atoms with van der Waals surface area (Å²) in [6.07, 6.45) is 1.52. The Morgan fingerprint density at radius 2 is 1.83 bits per heavy atom. The minimum absolute atomic E-state index is 0.126. The quantitative estimate of drug-likeness (QED) is 0.615. The highest BCUT2D eigenvalue weighted by Crippen LogP contribution is 2.28. The second-order valence-corrected chi connectivity index (χ2v) is 8.15. The number of hydrogen-bond acceptors (Lipinski definition) is 5. The van der Waals surface area contributed by atoms with Crippen molar-refractivity contribution in [3.05, 3.63) is 77.2 Å².